The van der Waals surface area contributed by atoms with Crippen LogP contribution < -0.4 is 4.90 Å². The Bertz CT molecular complexity index is 675. The molecule has 102 valence electrons. The summed E-state index contributed by atoms with van der Waals surface area (Å²) in [6.07, 6.45) is 1.58. The molecule has 2 aromatic rings. The summed E-state index contributed by atoms with van der Waals surface area (Å²) in [7, 11) is 1.74. The maximum absolute atomic E-state index is 12.5. The van der Waals surface area contributed by atoms with E-state index in [9.17, 15) is 9.59 Å². The van der Waals surface area contributed by atoms with Crippen molar-refractivity contribution in [2.24, 2.45) is 0 Å². The van der Waals surface area contributed by atoms with E-state index in [1.165, 1.54) is 6.26 Å². The Morgan fingerprint density at radius 1 is 1.25 bits per heavy atom. The minimum absolute atomic E-state index is 0.0568. The lowest BCUT2D eigenvalue weighted by atomic mass is 9.79. The van der Waals surface area contributed by atoms with Gasteiger partial charge in [0, 0.05) is 19.2 Å². The summed E-state index contributed by atoms with van der Waals surface area (Å²) in [5.74, 6) is 0.0839. The van der Waals surface area contributed by atoms with E-state index in [1.54, 1.807) is 24.1 Å². The van der Waals surface area contributed by atoms with E-state index < -0.39 is 5.41 Å². The Hall–Kier alpha value is -2.36. The first-order valence-electron chi connectivity index (χ1n) is 6.48. The van der Waals surface area contributed by atoms with Gasteiger partial charge < -0.3 is 9.32 Å². The van der Waals surface area contributed by atoms with Gasteiger partial charge in [0.2, 0.25) is 5.91 Å². The summed E-state index contributed by atoms with van der Waals surface area (Å²) in [5.41, 5.74) is 0.939. The van der Waals surface area contributed by atoms with E-state index in [0.29, 0.717) is 5.76 Å². The van der Waals surface area contributed by atoms with E-state index in [4.69, 9.17) is 4.42 Å². The molecule has 0 spiro atoms. The highest BCUT2D eigenvalue weighted by Crippen LogP contribution is 2.43. The second-order valence-electron chi connectivity index (χ2n) is 5.29. The molecule has 20 heavy (non-hydrogen) atoms. The maximum atomic E-state index is 12.5. The largest absolute Gasteiger partial charge is 0.461 e. The highest BCUT2D eigenvalue weighted by Gasteiger charge is 2.47. The van der Waals surface area contributed by atoms with Gasteiger partial charge in [0.05, 0.1) is 11.7 Å². The summed E-state index contributed by atoms with van der Waals surface area (Å²) in [6, 6.07) is 10.9. The monoisotopic (exact) mass is 269 g/mol. The van der Waals surface area contributed by atoms with Crippen LogP contribution in [0.25, 0.3) is 0 Å². The molecule has 0 saturated heterocycles. The van der Waals surface area contributed by atoms with Crippen molar-refractivity contribution in [2.75, 3.05) is 11.9 Å². The molecular formula is C16H15NO3. The molecule has 0 saturated carbocycles. The molecule has 0 fully saturated rings. The summed E-state index contributed by atoms with van der Waals surface area (Å²) in [4.78, 5) is 26.4. The van der Waals surface area contributed by atoms with Gasteiger partial charge in [-0.2, -0.15) is 0 Å². The van der Waals surface area contributed by atoms with Crippen LogP contribution in [-0.2, 0) is 10.2 Å². The molecule has 1 atom stereocenters. The molecule has 1 aromatic heterocycles. The van der Waals surface area contributed by atoms with Gasteiger partial charge in [0.1, 0.15) is 0 Å². The number of rotatable bonds is 3. The number of hydrogen-bond donors (Lipinski definition) is 0. The third-order valence-corrected chi connectivity index (χ3v) is 3.95. The number of hydrogen-bond acceptors (Lipinski definition) is 3. The highest BCUT2D eigenvalue weighted by atomic mass is 16.3. The van der Waals surface area contributed by atoms with E-state index in [0.717, 1.165) is 11.3 Å². The first-order chi connectivity index (χ1) is 9.54. The molecule has 0 aliphatic carbocycles. The van der Waals surface area contributed by atoms with Crippen molar-refractivity contribution in [3.8, 4) is 0 Å². The Morgan fingerprint density at radius 2 is 2.00 bits per heavy atom. The second kappa shape index (κ2) is 4.34. The fourth-order valence-electron chi connectivity index (χ4n) is 2.84. The lowest BCUT2D eigenvalue weighted by molar-refractivity contribution is -0.122. The summed E-state index contributed by atoms with van der Waals surface area (Å²) in [5, 5.41) is 0. The molecule has 3 rings (SSSR count). The first kappa shape index (κ1) is 12.7. The zero-order valence-electron chi connectivity index (χ0n) is 11.4. The molecule has 1 aromatic carbocycles. The van der Waals surface area contributed by atoms with Gasteiger partial charge in [0.15, 0.2) is 11.5 Å². The molecule has 0 unspecified atom stereocenters. The molecule has 4 heteroatoms. The standard InChI is InChI=1S/C16H15NO3/c1-16(10-13(18)14-8-5-9-20-14)11-6-3-4-7-12(11)17(2)15(16)19/h3-9H,10H2,1-2H3/t16-/m0/s1. The quantitative estimate of drug-likeness (QED) is 0.805. The number of anilines is 1. The predicted molar refractivity (Wildman–Crippen MR) is 74.9 cm³/mol. The average Bonchev–Trinajstić information content (AvgIpc) is 3.04. The number of furan rings is 1. The third kappa shape index (κ3) is 1.68. The summed E-state index contributed by atoms with van der Waals surface area (Å²) >= 11 is 0. The molecule has 1 aliphatic rings. The number of Topliss-reactive ketones (excluding diaryl/α,β-unsaturated/α-hetero) is 1. The lowest BCUT2D eigenvalue weighted by Gasteiger charge is -2.21. The number of likely N-dealkylation sites (N-methyl/N-ethyl adjacent to an activating group) is 1. The topological polar surface area (TPSA) is 50.5 Å². The maximum Gasteiger partial charge on any atom is 0.237 e. The number of amides is 1. The molecule has 1 amide bonds. The number of fused-ring (bicyclic) bond motifs is 1. The minimum atomic E-state index is -0.824. The van der Waals surface area contributed by atoms with E-state index >= 15 is 0 Å². The number of carbonyl (C=O) groups excluding carboxylic acids is 2. The van der Waals surface area contributed by atoms with Crippen LogP contribution >= 0.6 is 0 Å². The Kier molecular flexibility index (Phi) is 2.74. The third-order valence-electron chi connectivity index (χ3n) is 3.95. The smallest absolute Gasteiger partial charge is 0.237 e. The predicted octanol–water partition coefficient (Wildman–Crippen LogP) is 2.79. The normalized spacial score (nSPS) is 21.1. The number of nitrogens with zero attached hydrogens (tertiary/aromatic N) is 1. The van der Waals surface area contributed by atoms with Gasteiger partial charge >= 0.3 is 0 Å². The Labute approximate surface area is 117 Å². The van der Waals surface area contributed by atoms with Crippen LogP contribution in [0, 0.1) is 0 Å². The van der Waals surface area contributed by atoms with Gasteiger partial charge in [-0.25, -0.2) is 0 Å². The summed E-state index contributed by atoms with van der Waals surface area (Å²) in [6.45, 7) is 1.82. The molecule has 0 radical (unpaired) electrons. The van der Waals surface area contributed by atoms with Crippen LogP contribution in [0.4, 0.5) is 5.69 Å². The fraction of sp³-hybridized carbons (Fsp3) is 0.250. The van der Waals surface area contributed by atoms with E-state index in [-0.39, 0.29) is 18.1 Å². The van der Waals surface area contributed by atoms with Crippen molar-refractivity contribution in [2.45, 2.75) is 18.8 Å². The van der Waals surface area contributed by atoms with E-state index in [2.05, 4.69) is 0 Å². The van der Waals surface area contributed by atoms with Crippen molar-refractivity contribution in [1.82, 2.24) is 0 Å². The van der Waals surface area contributed by atoms with Crippen molar-refractivity contribution >= 4 is 17.4 Å². The van der Waals surface area contributed by atoms with Gasteiger partial charge in [-0.1, -0.05) is 18.2 Å². The van der Waals surface area contributed by atoms with Crippen molar-refractivity contribution in [3.63, 3.8) is 0 Å². The Morgan fingerprint density at radius 3 is 2.70 bits per heavy atom. The molecule has 2 heterocycles. The number of para-hydroxylation sites is 1. The van der Waals surface area contributed by atoms with Crippen LogP contribution in [0.5, 0.6) is 0 Å². The SMILES string of the molecule is CN1C(=O)[C@@](C)(CC(=O)c2ccco2)c2ccccc21. The zero-order chi connectivity index (χ0) is 14.3. The first-order valence-corrected chi connectivity index (χ1v) is 6.48. The fourth-order valence-corrected chi connectivity index (χ4v) is 2.84. The molecular weight excluding hydrogens is 254 g/mol. The van der Waals surface area contributed by atoms with E-state index in [1.807, 2.05) is 31.2 Å². The second-order valence-corrected chi connectivity index (χ2v) is 5.29. The Balaban J connectivity index is 2.00. The van der Waals surface area contributed by atoms with Gasteiger partial charge in [0.25, 0.3) is 0 Å². The minimum Gasteiger partial charge on any atom is -0.461 e. The van der Waals surface area contributed by atoms with Crippen LogP contribution in [-0.4, -0.2) is 18.7 Å². The van der Waals surface area contributed by atoms with Crippen LogP contribution in [0.15, 0.2) is 47.1 Å². The zero-order valence-corrected chi connectivity index (χ0v) is 11.4. The summed E-state index contributed by atoms with van der Waals surface area (Å²) < 4.78 is 5.13. The van der Waals surface area contributed by atoms with Gasteiger partial charge in [-0.15, -0.1) is 0 Å². The van der Waals surface area contributed by atoms with Gasteiger partial charge in [-0.05, 0) is 30.7 Å². The van der Waals surface area contributed by atoms with Crippen molar-refractivity contribution < 1.29 is 14.0 Å². The van der Waals surface area contributed by atoms with Gasteiger partial charge in [-0.3, -0.25) is 9.59 Å². The van der Waals surface area contributed by atoms with Crippen LogP contribution in [0.2, 0.25) is 0 Å². The molecule has 0 N–H and O–H groups in total. The highest BCUT2D eigenvalue weighted by molar-refractivity contribution is 6.10. The van der Waals surface area contributed by atoms with Crippen molar-refractivity contribution in [3.05, 3.63) is 54.0 Å². The number of benzene rings is 1. The van der Waals surface area contributed by atoms with Crippen LogP contribution in [0.3, 0.4) is 0 Å². The molecule has 4 nitrogen and oxygen atoms in total. The lowest BCUT2D eigenvalue weighted by Crippen LogP contribution is -2.37. The number of ketones is 1. The molecule has 0 bridgehead atoms. The molecule has 1 aliphatic heterocycles. The van der Waals surface area contributed by atoms with Crippen molar-refractivity contribution in [1.29, 1.82) is 0 Å². The van der Waals surface area contributed by atoms with Crippen LogP contribution in [0.1, 0.15) is 29.5 Å². The average molecular weight is 269 g/mol. The number of carbonyl (C=O) groups is 2.